The van der Waals surface area contributed by atoms with E-state index in [0.29, 0.717) is 26.2 Å². The summed E-state index contributed by atoms with van der Waals surface area (Å²) in [6, 6.07) is 16.6. The second-order valence-corrected chi connectivity index (χ2v) is 7.15. The largest absolute Gasteiger partial charge is 0.368 e. The van der Waals surface area contributed by atoms with E-state index >= 15 is 0 Å². The number of amides is 3. The first-order chi connectivity index (χ1) is 14.0. The summed E-state index contributed by atoms with van der Waals surface area (Å²) in [5.41, 5.74) is 10.7. The summed E-state index contributed by atoms with van der Waals surface area (Å²) in [4.78, 5) is 28.0. The van der Waals surface area contributed by atoms with E-state index in [1.807, 2.05) is 18.2 Å². The molecule has 29 heavy (non-hydrogen) atoms. The van der Waals surface area contributed by atoms with Crippen molar-refractivity contribution in [3.05, 3.63) is 54.6 Å². The normalized spacial score (nSPS) is 16.1. The molecule has 5 N–H and O–H groups in total. The topological polar surface area (TPSA) is 111 Å². The van der Waals surface area contributed by atoms with Crippen LogP contribution in [0.5, 0.6) is 0 Å². The van der Waals surface area contributed by atoms with Gasteiger partial charge < -0.3 is 20.9 Å². The molecule has 154 valence electrons. The van der Waals surface area contributed by atoms with Crippen molar-refractivity contribution in [3.8, 4) is 11.1 Å². The van der Waals surface area contributed by atoms with Gasteiger partial charge in [-0.2, -0.15) is 0 Å². The van der Waals surface area contributed by atoms with Crippen molar-refractivity contribution in [2.75, 3.05) is 31.1 Å². The van der Waals surface area contributed by atoms with Gasteiger partial charge in [-0.25, -0.2) is 10.3 Å². The summed E-state index contributed by atoms with van der Waals surface area (Å²) in [6.45, 7) is 4.02. The van der Waals surface area contributed by atoms with E-state index in [-0.39, 0.29) is 6.03 Å². The maximum atomic E-state index is 12.5. The molecular formula is C21H27N5O3. The Bertz CT molecular complexity index is 818. The lowest BCUT2D eigenvalue weighted by molar-refractivity contribution is -0.131. The monoisotopic (exact) mass is 397 g/mol. The van der Waals surface area contributed by atoms with Crippen LogP contribution >= 0.6 is 0 Å². The summed E-state index contributed by atoms with van der Waals surface area (Å²) in [6.07, 6.45) is 0. The molecule has 0 unspecified atom stereocenters. The first-order valence-corrected chi connectivity index (χ1v) is 9.65. The third kappa shape index (κ3) is 5.04. The molecule has 0 saturated carbocycles. The average molecular weight is 397 g/mol. The summed E-state index contributed by atoms with van der Waals surface area (Å²) >= 11 is 0. The fourth-order valence-electron chi connectivity index (χ4n) is 3.39. The maximum Gasteiger partial charge on any atom is 0.318 e. The molecule has 2 aromatic rings. The number of nitrogens with two attached hydrogens (primary N) is 1. The standard InChI is InChI=1S/C21H27N5O3/c1-15(22)19(20(27)24-29)23-21(28)26-13-11-25(12-14-26)18-9-7-17(8-10-18)16-5-3-2-4-6-16/h2-10,15,19,29H,11-14,22H2,1H3,(H,23,28)(H,24,27)/t15-,19+/m1/s1. The number of benzene rings is 2. The summed E-state index contributed by atoms with van der Waals surface area (Å²) in [7, 11) is 0. The van der Waals surface area contributed by atoms with Gasteiger partial charge in [-0.15, -0.1) is 0 Å². The Morgan fingerprint density at radius 1 is 0.966 bits per heavy atom. The average Bonchev–Trinajstić information content (AvgIpc) is 2.77. The van der Waals surface area contributed by atoms with Crippen LogP contribution in [0, 0.1) is 0 Å². The predicted molar refractivity (Wildman–Crippen MR) is 112 cm³/mol. The van der Waals surface area contributed by atoms with Gasteiger partial charge in [0.05, 0.1) is 0 Å². The van der Waals surface area contributed by atoms with Gasteiger partial charge in [0, 0.05) is 37.9 Å². The third-order valence-electron chi connectivity index (χ3n) is 5.10. The first-order valence-electron chi connectivity index (χ1n) is 9.65. The van der Waals surface area contributed by atoms with Crippen LogP contribution < -0.4 is 21.4 Å². The number of hydrogen-bond acceptors (Lipinski definition) is 5. The highest BCUT2D eigenvalue weighted by Crippen LogP contribution is 2.23. The number of urea groups is 1. The fraction of sp³-hybridized carbons (Fsp3) is 0.333. The van der Waals surface area contributed by atoms with Crippen LogP contribution in [0.4, 0.5) is 10.5 Å². The summed E-state index contributed by atoms with van der Waals surface area (Å²) < 4.78 is 0. The van der Waals surface area contributed by atoms with Crippen molar-refractivity contribution in [2.24, 2.45) is 5.73 Å². The number of nitrogens with one attached hydrogen (secondary N) is 2. The first kappa shape index (κ1) is 20.6. The minimum absolute atomic E-state index is 0.366. The van der Waals surface area contributed by atoms with Crippen molar-refractivity contribution in [1.82, 2.24) is 15.7 Å². The van der Waals surface area contributed by atoms with E-state index in [9.17, 15) is 9.59 Å². The molecule has 1 aliphatic rings. The molecule has 0 aliphatic carbocycles. The number of carbonyl (C=O) groups is 2. The lowest BCUT2D eigenvalue weighted by Gasteiger charge is -2.37. The van der Waals surface area contributed by atoms with E-state index in [1.54, 1.807) is 11.8 Å². The van der Waals surface area contributed by atoms with Gasteiger partial charge >= 0.3 is 6.03 Å². The van der Waals surface area contributed by atoms with Crippen molar-refractivity contribution in [3.63, 3.8) is 0 Å². The van der Waals surface area contributed by atoms with Crippen molar-refractivity contribution in [2.45, 2.75) is 19.0 Å². The number of hydrogen-bond donors (Lipinski definition) is 4. The van der Waals surface area contributed by atoms with E-state index in [2.05, 4.69) is 46.6 Å². The second kappa shape index (κ2) is 9.40. The Balaban J connectivity index is 1.56. The highest BCUT2D eigenvalue weighted by atomic mass is 16.5. The molecule has 3 rings (SSSR count). The summed E-state index contributed by atoms with van der Waals surface area (Å²) in [5.74, 6) is -0.731. The van der Waals surface area contributed by atoms with E-state index in [0.717, 1.165) is 11.3 Å². The Hall–Kier alpha value is -3.10. The zero-order valence-corrected chi connectivity index (χ0v) is 16.4. The van der Waals surface area contributed by atoms with Gasteiger partial charge in [0.1, 0.15) is 6.04 Å². The number of hydroxylamine groups is 1. The number of piperazine rings is 1. The molecule has 2 aromatic carbocycles. The number of rotatable bonds is 5. The number of carbonyl (C=O) groups excluding carboxylic acids is 2. The van der Waals surface area contributed by atoms with Gasteiger partial charge in [-0.1, -0.05) is 42.5 Å². The summed E-state index contributed by atoms with van der Waals surface area (Å²) in [5, 5.41) is 11.4. The van der Waals surface area contributed by atoms with E-state index < -0.39 is 18.0 Å². The third-order valence-corrected chi connectivity index (χ3v) is 5.10. The van der Waals surface area contributed by atoms with E-state index in [4.69, 9.17) is 10.9 Å². The SMILES string of the molecule is C[C@@H](N)[C@H](NC(=O)N1CCN(c2ccc(-c3ccccc3)cc2)CC1)C(=O)NO. The van der Waals surface area contributed by atoms with Crippen LogP contribution in [0.15, 0.2) is 54.6 Å². The molecule has 1 fully saturated rings. The van der Waals surface area contributed by atoms with Crippen LogP contribution in [-0.2, 0) is 4.79 Å². The highest BCUT2D eigenvalue weighted by molar-refractivity contribution is 5.87. The molecule has 8 nitrogen and oxygen atoms in total. The fourth-order valence-corrected chi connectivity index (χ4v) is 3.39. The van der Waals surface area contributed by atoms with Crippen molar-refractivity contribution in [1.29, 1.82) is 0 Å². The van der Waals surface area contributed by atoms with Crippen molar-refractivity contribution >= 4 is 17.6 Å². The second-order valence-electron chi connectivity index (χ2n) is 7.15. The maximum absolute atomic E-state index is 12.5. The van der Waals surface area contributed by atoms with Crippen LogP contribution in [0.3, 0.4) is 0 Å². The molecule has 0 spiro atoms. The lowest BCUT2D eigenvalue weighted by atomic mass is 10.1. The molecule has 1 heterocycles. The van der Waals surface area contributed by atoms with Gasteiger partial charge in [0.25, 0.3) is 5.91 Å². The lowest BCUT2D eigenvalue weighted by Crippen LogP contribution is -2.59. The minimum atomic E-state index is -0.990. The minimum Gasteiger partial charge on any atom is -0.368 e. The van der Waals surface area contributed by atoms with Crippen LogP contribution in [-0.4, -0.2) is 60.3 Å². The molecular weight excluding hydrogens is 370 g/mol. The number of anilines is 1. The smallest absolute Gasteiger partial charge is 0.318 e. The molecule has 1 aliphatic heterocycles. The quantitative estimate of drug-likeness (QED) is 0.450. The zero-order chi connectivity index (χ0) is 20.8. The van der Waals surface area contributed by atoms with E-state index in [1.165, 1.54) is 11.0 Å². The van der Waals surface area contributed by atoms with Gasteiger partial charge in [0.2, 0.25) is 0 Å². The van der Waals surface area contributed by atoms with Crippen LogP contribution in [0.2, 0.25) is 0 Å². The molecule has 8 heteroatoms. The molecule has 0 aromatic heterocycles. The molecule has 1 saturated heterocycles. The number of nitrogens with zero attached hydrogens (tertiary/aromatic N) is 2. The van der Waals surface area contributed by atoms with Crippen LogP contribution in [0.25, 0.3) is 11.1 Å². The van der Waals surface area contributed by atoms with Crippen LogP contribution in [0.1, 0.15) is 6.92 Å². The van der Waals surface area contributed by atoms with Gasteiger partial charge in [-0.05, 0) is 30.2 Å². The highest BCUT2D eigenvalue weighted by Gasteiger charge is 2.28. The Kier molecular flexibility index (Phi) is 6.69. The molecule has 0 radical (unpaired) electrons. The molecule has 2 atom stereocenters. The van der Waals surface area contributed by atoms with Gasteiger partial charge in [-0.3, -0.25) is 10.0 Å². The van der Waals surface area contributed by atoms with Crippen molar-refractivity contribution < 1.29 is 14.8 Å². The molecule has 0 bridgehead atoms. The Labute approximate surface area is 170 Å². The zero-order valence-electron chi connectivity index (χ0n) is 16.4. The predicted octanol–water partition coefficient (Wildman–Crippen LogP) is 1.41. The Morgan fingerprint density at radius 2 is 1.55 bits per heavy atom. The van der Waals surface area contributed by atoms with Gasteiger partial charge in [0.15, 0.2) is 0 Å². The Morgan fingerprint density at radius 3 is 2.10 bits per heavy atom. The molecule has 3 amide bonds.